The van der Waals surface area contributed by atoms with E-state index < -0.39 is 4.92 Å². The first-order valence-electron chi connectivity index (χ1n) is 5.89. The predicted octanol–water partition coefficient (Wildman–Crippen LogP) is 1.69. The lowest BCUT2D eigenvalue weighted by Gasteiger charge is -2.05. The number of nitrogens with zero attached hydrogens (tertiary/aromatic N) is 4. The predicted molar refractivity (Wildman–Crippen MR) is 71.0 cm³/mol. The van der Waals surface area contributed by atoms with Crippen LogP contribution in [0.2, 0.25) is 0 Å². The van der Waals surface area contributed by atoms with Gasteiger partial charge in [0.2, 0.25) is 0 Å². The van der Waals surface area contributed by atoms with Gasteiger partial charge in [0.25, 0.3) is 5.69 Å². The molecule has 7 heteroatoms. The van der Waals surface area contributed by atoms with Crippen molar-refractivity contribution < 1.29 is 4.92 Å². The first-order chi connectivity index (χ1) is 9.06. The number of nitro groups is 1. The molecule has 0 aliphatic rings. The summed E-state index contributed by atoms with van der Waals surface area (Å²) in [7, 11) is 1.86. The lowest BCUT2D eigenvalue weighted by Crippen LogP contribution is -2.07. The molecule has 0 aromatic carbocycles. The van der Waals surface area contributed by atoms with Crippen LogP contribution >= 0.6 is 0 Å². The van der Waals surface area contributed by atoms with Gasteiger partial charge in [0.05, 0.1) is 16.7 Å². The van der Waals surface area contributed by atoms with Gasteiger partial charge in [-0.3, -0.25) is 14.8 Å². The summed E-state index contributed by atoms with van der Waals surface area (Å²) >= 11 is 0. The third kappa shape index (κ3) is 3.27. The van der Waals surface area contributed by atoms with Crippen LogP contribution in [0.3, 0.4) is 0 Å². The van der Waals surface area contributed by atoms with Crippen molar-refractivity contribution in [2.24, 2.45) is 7.05 Å². The summed E-state index contributed by atoms with van der Waals surface area (Å²) in [4.78, 5) is 14.5. The molecular formula is C12H15N5O2. The fourth-order valence-electron chi connectivity index (χ4n) is 1.72. The Hall–Kier alpha value is -2.44. The van der Waals surface area contributed by atoms with Crippen LogP contribution in [0.15, 0.2) is 24.5 Å². The van der Waals surface area contributed by atoms with Gasteiger partial charge < -0.3 is 5.32 Å². The molecule has 7 nitrogen and oxygen atoms in total. The summed E-state index contributed by atoms with van der Waals surface area (Å²) in [5.41, 5.74) is 1.60. The molecule has 2 rings (SSSR count). The van der Waals surface area contributed by atoms with Crippen molar-refractivity contribution in [3.63, 3.8) is 0 Å². The third-order valence-corrected chi connectivity index (χ3v) is 2.73. The van der Waals surface area contributed by atoms with E-state index in [0.717, 1.165) is 12.1 Å². The van der Waals surface area contributed by atoms with Crippen molar-refractivity contribution >= 4 is 11.5 Å². The van der Waals surface area contributed by atoms with Gasteiger partial charge in [0.1, 0.15) is 5.82 Å². The van der Waals surface area contributed by atoms with Crippen molar-refractivity contribution in [3.8, 4) is 0 Å². The lowest BCUT2D eigenvalue weighted by atomic mass is 10.2. The van der Waals surface area contributed by atoms with Gasteiger partial charge in [-0.2, -0.15) is 5.10 Å². The van der Waals surface area contributed by atoms with E-state index in [-0.39, 0.29) is 5.69 Å². The maximum atomic E-state index is 10.8. The third-order valence-electron chi connectivity index (χ3n) is 2.73. The van der Waals surface area contributed by atoms with Crippen molar-refractivity contribution in [2.75, 3.05) is 11.9 Å². The van der Waals surface area contributed by atoms with Gasteiger partial charge in [-0.15, -0.1) is 0 Å². The van der Waals surface area contributed by atoms with Crippen LogP contribution < -0.4 is 5.32 Å². The van der Waals surface area contributed by atoms with E-state index in [2.05, 4.69) is 15.4 Å². The van der Waals surface area contributed by atoms with Crippen molar-refractivity contribution in [2.45, 2.75) is 13.3 Å². The molecule has 0 radical (unpaired) electrons. The normalized spacial score (nSPS) is 10.4. The second-order valence-corrected chi connectivity index (χ2v) is 4.27. The van der Waals surface area contributed by atoms with Crippen LogP contribution in [0.25, 0.3) is 0 Å². The molecule has 2 heterocycles. The molecule has 0 saturated heterocycles. The number of rotatable bonds is 5. The van der Waals surface area contributed by atoms with Gasteiger partial charge in [-0.05, 0) is 13.0 Å². The Morgan fingerprint density at radius 3 is 2.95 bits per heavy atom. The number of pyridine rings is 1. The molecule has 0 atom stereocenters. The quantitative estimate of drug-likeness (QED) is 0.653. The number of anilines is 1. The zero-order chi connectivity index (χ0) is 13.8. The topological polar surface area (TPSA) is 85.9 Å². The summed E-state index contributed by atoms with van der Waals surface area (Å²) in [6.45, 7) is 2.30. The second-order valence-electron chi connectivity index (χ2n) is 4.27. The smallest absolute Gasteiger partial charge is 0.277 e. The van der Waals surface area contributed by atoms with E-state index in [9.17, 15) is 10.1 Å². The van der Waals surface area contributed by atoms with Crippen molar-refractivity contribution in [3.05, 3.63) is 45.9 Å². The summed E-state index contributed by atoms with van der Waals surface area (Å²) in [5, 5.41) is 18.1. The van der Waals surface area contributed by atoms with E-state index in [1.807, 2.05) is 19.3 Å². The molecule has 0 unspecified atom stereocenters. The molecule has 0 fully saturated rings. The van der Waals surface area contributed by atoms with E-state index in [0.29, 0.717) is 17.9 Å². The molecule has 0 spiro atoms. The highest BCUT2D eigenvalue weighted by Crippen LogP contribution is 2.19. The molecule has 100 valence electrons. The maximum absolute atomic E-state index is 10.8. The molecule has 0 aliphatic heterocycles. The van der Waals surface area contributed by atoms with E-state index in [1.165, 1.54) is 12.3 Å². The Morgan fingerprint density at radius 2 is 2.32 bits per heavy atom. The van der Waals surface area contributed by atoms with Gasteiger partial charge in [0.15, 0.2) is 0 Å². The summed E-state index contributed by atoms with van der Waals surface area (Å²) < 4.78 is 1.74. The molecule has 0 saturated carbocycles. The van der Waals surface area contributed by atoms with Gasteiger partial charge in [-0.25, -0.2) is 4.98 Å². The van der Waals surface area contributed by atoms with Crippen molar-refractivity contribution in [1.82, 2.24) is 14.8 Å². The van der Waals surface area contributed by atoms with E-state index in [4.69, 9.17) is 0 Å². The van der Waals surface area contributed by atoms with E-state index in [1.54, 1.807) is 11.6 Å². The number of hydrogen-bond acceptors (Lipinski definition) is 5. The first kappa shape index (κ1) is 13.0. The fraction of sp³-hybridized carbons (Fsp3) is 0.333. The monoisotopic (exact) mass is 261 g/mol. The van der Waals surface area contributed by atoms with Crippen molar-refractivity contribution in [1.29, 1.82) is 0 Å². The molecule has 2 aromatic rings. The molecule has 0 aliphatic carbocycles. The number of nitrogens with one attached hydrogen (secondary N) is 1. The van der Waals surface area contributed by atoms with Gasteiger partial charge in [0, 0.05) is 38.0 Å². The summed E-state index contributed by atoms with van der Waals surface area (Å²) in [5.74, 6) is 0.508. The second kappa shape index (κ2) is 5.47. The Labute approximate surface area is 110 Å². The fourth-order valence-corrected chi connectivity index (χ4v) is 1.72. The zero-order valence-electron chi connectivity index (χ0n) is 10.8. The Morgan fingerprint density at radius 1 is 1.53 bits per heavy atom. The van der Waals surface area contributed by atoms with Crippen LogP contribution in [-0.4, -0.2) is 26.2 Å². The Balaban J connectivity index is 1.96. The molecule has 2 aromatic heterocycles. The number of hydrogen-bond donors (Lipinski definition) is 1. The van der Waals surface area contributed by atoms with Crippen LogP contribution in [0, 0.1) is 17.0 Å². The van der Waals surface area contributed by atoms with Gasteiger partial charge in [-0.1, -0.05) is 0 Å². The molecular weight excluding hydrogens is 246 g/mol. The Bertz CT molecular complexity index is 594. The highest BCUT2D eigenvalue weighted by molar-refractivity contribution is 5.48. The molecule has 0 bridgehead atoms. The largest absolute Gasteiger partial charge is 0.369 e. The summed E-state index contributed by atoms with van der Waals surface area (Å²) in [6.07, 6.45) is 4.12. The highest BCUT2D eigenvalue weighted by atomic mass is 16.6. The molecule has 1 N–H and O–H groups in total. The minimum atomic E-state index is -0.402. The zero-order valence-corrected chi connectivity index (χ0v) is 10.8. The van der Waals surface area contributed by atoms with Crippen LogP contribution in [0.5, 0.6) is 0 Å². The van der Waals surface area contributed by atoms with E-state index >= 15 is 0 Å². The lowest BCUT2D eigenvalue weighted by molar-refractivity contribution is -0.385. The Kier molecular flexibility index (Phi) is 3.74. The average molecular weight is 261 g/mol. The standard InChI is InChI=1S/C12H15N5O2/c1-9-8-14-12(7-11(9)17(18)19)13-5-3-10-4-6-16(2)15-10/h4,6-8H,3,5H2,1-2H3,(H,13,14). The van der Waals surface area contributed by atoms with Crippen LogP contribution in [0.1, 0.15) is 11.3 Å². The summed E-state index contributed by atoms with van der Waals surface area (Å²) in [6, 6.07) is 3.39. The van der Waals surface area contributed by atoms with Gasteiger partial charge >= 0.3 is 0 Å². The minimum absolute atomic E-state index is 0.0790. The SMILES string of the molecule is Cc1cnc(NCCc2ccn(C)n2)cc1[N+](=O)[O-]. The maximum Gasteiger partial charge on any atom is 0.277 e. The molecule has 19 heavy (non-hydrogen) atoms. The number of aromatic nitrogens is 3. The minimum Gasteiger partial charge on any atom is -0.369 e. The van der Waals surface area contributed by atoms with Crippen LogP contribution in [-0.2, 0) is 13.5 Å². The van der Waals surface area contributed by atoms with Crippen LogP contribution in [0.4, 0.5) is 11.5 Å². The first-order valence-corrected chi connectivity index (χ1v) is 5.89. The highest BCUT2D eigenvalue weighted by Gasteiger charge is 2.11. The number of aryl methyl sites for hydroxylation is 2. The average Bonchev–Trinajstić information content (AvgIpc) is 2.77. The molecule has 0 amide bonds.